The molecule has 0 saturated heterocycles. The normalized spacial score (nSPS) is 16.7. The first kappa shape index (κ1) is 16.8. The molecule has 0 radical (unpaired) electrons. The van der Waals surface area contributed by atoms with Gasteiger partial charge in [0.25, 0.3) is 5.91 Å². The minimum absolute atomic E-state index is 0.0829. The Balaban J connectivity index is 2.30. The number of rotatable bonds is 6. The van der Waals surface area contributed by atoms with Crippen molar-refractivity contribution in [3.05, 3.63) is 42.0 Å². The zero-order chi connectivity index (χ0) is 17.0. The Hall–Kier alpha value is -2.61. The molecule has 3 N–H and O–H groups in total. The monoisotopic (exact) mass is 323 g/mol. The number of carbonyl (C=O) groups is 2. The van der Waals surface area contributed by atoms with E-state index in [2.05, 4.69) is 5.32 Å². The molecule has 1 aliphatic heterocycles. The zero-order valence-corrected chi connectivity index (χ0v) is 12.6. The van der Waals surface area contributed by atoms with Crippen LogP contribution in [0.5, 0.6) is 0 Å². The number of hydrogen-bond acceptors (Lipinski definition) is 5. The van der Waals surface area contributed by atoms with Gasteiger partial charge in [-0.1, -0.05) is 0 Å². The van der Waals surface area contributed by atoms with Gasteiger partial charge in [-0.15, -0.1) is 0 Å². The maximum Gasteiger partial charge on any atom is 0.305 e. The largest absolute Gasteiger partial charge is 0.481 e. The molecule has 0 aromatic heterocycles. The lowest BCUT2D eigenvalue weighted by Gasteiger charge is -2.32. The maximum absolute atomic E-state index is 13.5. The van der Waals surface area contributed by atoms with Gasteiger partial charge < -0.3 is 25.3 Å². The summed E-state index contributed by atoms with van der Waals surface area (Å²) in [5.74, 6) is -1.94. The Morgan fingerprint density at radius 3 is 2.70 bits per heavy atom. The first-order valence-electron chi connectivity index (χ1n) is 7.04. The van der Waals surface area contributed by atoms with Gasteiger partial charge in [0, 0.05) is 26.0 Å². The number of aliphatic hydroxyl groups excluding tert-OH is 1. The van der Waals surface area contributed by atoms with Gasteiger partial charge in [0.15, 0.2) is 0 Å². The van der Waals surface area contributed by atoms with Crippen molar-refractivity contribution in [1.29, 1.82) is 0 Å². The van der Waals surface area contributed by atoms with Crippen molar-refractivity contribution in [2.24, 2.45) is 0 Å². The number of aliphatic carboxylic acids is 1. The van der Waals surface area contributed by atoms with Crippen LogP contribution in [0.4, 0.5) is 10.1 Å². The Morgan fingerprint density at radius 1 is 1.35 bits per heavy atom. The van der Waals surface area contributed by atoms with Gasteiger partial charge in [-0.2, -0.15) is 0 Å². The number of carbonyl (C=O) groups excluding carboxylic acids is 1. The molecule has 0 aliphatic carbocycles. The van der Waals surface area contributed by atoms with Gasteiger partial charge in [-0.25, -0.2) is 4.39 Å². The SMILES string of the molecule is CNC(=O)c1cc(F)ccc1N1C=CN(CCC(=O)O)C1CO. The smallest absolute Gasteiger partial charge is 0.305 e. The molecule has 0 saturated carbocycles. The van der Waals surface area contributed by atoms with E-state index in [1.807, 2.05) is 0 Å². The van der Waals surface area contributed by atoms with Crippen LogP contribution in [0.1, 0.15) is 16.8 Å². The number of carboxylic acids is 1. The third-order valence-corrected chi connectivity index (χ3v) is 3.58. The van der Waals surface area contributed by atoms with Gasteiger partial charge in [0.2, 0.25) is 0 Å². The maximum atomic E-state index is 13.5. The Bertz CT molecular complexity index is 635. The van der Waals surface area contributed by atoms with E-state index in [1.54, 1.807) is 22.2 Å². The number of halogens is 1. The Labute approximate surface area is 132 Å². The van der Waals surface area contributed by atoms with Gasteiger partial charge in [0.1, 0.15) is 12.0 Å². The van der Waals surface area contributed by atoms with Crippen molar-refractivity contribution in [2.75, 3.05) is 25.1 Å². The molecule has 2 rings (SSSR count). The molecule has 0 spiro atoms. The van der Waals surface area contributed by atoms with Crippen LogP contribution in [-0.4, -0.2) is 53.4 Å². The number of hydrogen-bond donors (Lipinski definition) is 3. The fraction of sp³-hybridized carbons (Fsp3) is 0.333. The molecule has 0 bridgehead atoms. The van der Waals surface area contributed by atoms with Gasteiger partial charge >= 0.3 is 5.97 Å². The number of nitrogens with zero attached hydrogens (tertiary/aromatic N) is 2. The minimum Gasteiger partial charge on any atom is -0.481 e. The molecule has 124 valence electrons. The minimum atomic E-state index is -0.943. The standard InChI is InChI=1S/C15H18FN3O4/c1-17-15(23)11-8-10(16)2-3-12(11)19-7-6-18(13(19)9-20)5-4-14(21)22/h2-3,6-8,13,20H,4-5,9H2,1H3,(H,17,23)(H,21,22). The molecule has 1 amide bonds. The second-order valence-corrected chi connectivity index (χ2v) is 4.99. The van der Waals surface area contributed by atoms with Gasteiger partial charge in [0.05, 0.1) is 24.3 Å². The van der Waals surface area contributed by atoms with Crippen LogP contribution in [0, 0.1) is 5.82 Å². The Morgan fingerprint density at radius 2 is 2.09 bits per heavy atom. The van der Waals surface area contributed by atoms with Crippen molar-refractivity contribution < 1.29 is 24.2 Å². The van der Waals surface area contributed by atoms with E-state index in [4.69, 9.17) is 5.11 Å². The molecular weight excluding hydrogens is 305 g/mol. The van der Waals surface area contributed by atoms with Crippen LogP contribution in [0.2, 0.25) is 0 Å². The summed E-state index contributed by atoms with van der Waals surface area (Å²) in [4.78, 5) is 25.9. The number of benzene rings is 1. The van der Waals surface area contributed by atoms with Gasteiger partial charge in [-0.3, -0.25) is 9.59 Å². The topological polar surface area (TPSA) is 93.1 Å². The summed E-state index contributed by atoms with van der Waals surface area (Å²) in [6, 6.07) is 3.80. The van der Waals surface area contributed by atoms with E-state index in [0.29, 0.717) is 5.69 Å². The van der Waals surface area contributed by atoms with Crippen LogP contribution in [-0.2, 0) is 4.79 Å². The molecule has 23 heavy (non-hydrogen) atoms. The summed E-state index contributed by atoms with van der Waals surface area (Å²) in [7, 11) is 1.44. The summed E-state index contributed by atoms with van der Waals surface area (Å²) in [5.41, 5.74) is 0.564. The summed E-state index contributed by atoms with van der Waals surface area (Å²) in [5, 5.41) is 20.8. The highest BCUT2D eigenvalue weighted by Gasteiger charge is 2.29. The number of aliphatic hydroxyl groups is 1. The second-order valence-electron chi connectivity index (χ2n) is 4.99. The van der Waals surface area contributed by atoms with Crippen LogP contribution < -0.4 is 10.2 Å². The second kappa shape index (κ2) is 7.10. The van der Waals surface area contributed by atoms with Crippen LogP contribution >= 0.6 is 0 Å². The number of nitrogens with one attached hydrogen (secondary N) is 1. The highest BCUT2D eigenvalue weighted by molar-refractivity contribution is 6.00. The highest BCUT2D eigenvalue weighted by Crippen LogP contribution is 2.28. The summed E-state index contributed by atoms with van der Waals surface area (Å²) >= 11 is 0. The van der Waals surface area contributed by atoms with E-state index in [1.165, 1.54) is 19.2 Å². The first-order valence-corrected chi connectivity index (χ1v) is 7.04. The van der Waals surface area contributed by atoms with Crippen molar-refractivity contribution >= 4 is 17.6 Å². The number of carboxylic acid groups (broad SMARTS) is 1. The van der Waals surface area contributed by atoms with Crippen molar-refractivity contribution in [2.45, 2.75) is 12.6 Å². The van der Waals surface area contributed by atoms with Crippen molar-refractivity contribution in [1.82, 2.24) is 10.2 Å². The number of anilines is 1. The zero-order valence-electron chi connectivity index (χ0n) is 12.6. The van der Waals surface area contributed by atoms with Gasteiger partial charge in [-0.05, 0) is 18.2 Å². The third-order valence-electron chi connectivity index (χ3n) is 3.58. The molecular formula is C15H18FN3O4. The molecule has 8 heteroatoms. The van der Waals surface area contributed by atoms with Crippen molar-refractivity contribution in [3.63, 3.8) is 0 Å². The van der Waals surface area contributed by atoms with Crippen molar-refractivity contribution in [3.8, 4) is 0 Å². The van der Waals surface area contributed by atoms with E-state index in [0.717, 1.165) is 6.07 Å². The predicted octanol–water partition coefficient (Wildman–Crippen LogP) is 0.572. The van der Waals surface area contributed by atoms with Crippen LogP contribution in [0.15, 0.2) is 30.6 Å². The summed E-state index contributed by atoms with van der Waals surface area (Å²) < 4.78 is 13.5. The molecule has 1 heterocycles. The molecule has 0 fully saturated rings. The van der Waals surface area contributed by atoms with E-state index in [-0.39, 0.29) is 25.1 Å². The molecule has 1 atom stereocenters. The lowest BCUT2D eigenvalue weighted by Crippen LogP contribution is -2.43. The number of amides is 1. The average molecular weight is 323 g/mol. The fourth-order valence-electron chi connectivity index (χ4n) is 2.45. The molecule has 1 unspecified atom stereocenters. The van der Waals surface area contributed by atoms with E-state index < -0.39 is 23.9 Å². The Kier molecular flexibility index (Phi) is 5.17. The van der Waals surface area contributed by atoms with E-state index >= 15 is 0 Å². The average Bonchev–Trinajstić information content (AvgIpc) is 2.94. The van der Waals surface area contributed by atoms with E-state index in [9.17, 15) is 19.1 Å². The first-order chi connectivity index (χ1) is 11.0. The van der Waals surface area contributed by atoms with Crippen LogP contribution in [0.3, 0.4) is 0 Å². The summed E-state index contributed by atoms with van der Waals surface area (Å²) in [6.45, 7) is -0.0682. The fourth-order valence-corrected chi connectivity index (χ4v) is 2.45. The third kappa shape index (κ3) is 3.59. The molecule has 1 aromatic carbocycles. The highest BCUT2D eigenvalue weighted by atomic mass is 19.1. The summed E-state index contributed by atoms with van der Waals surface area (Å²) in [6.07, 6.45) is 2.63. The lowest BCUT2D eigenvalue weighted by molar-refractivity contribution is -0.137. The quantitative estimate of drug-likeness (QED) is 0.709. The predicted molar refractivity (Wildman–Crippen MR) is 81.2 cm³/mol. The molecule has 1 aromatic rings. The molecule has 7 nitrogen and oxygen atoms in total. The molecule has 1 aliphatic rings. The lowest BCUT2D eigenvalue weighted by atomic mass is 10.1. The van der Waals surface area contributed by atoms with Crippen LogP contribution in [0.25, 0.3) is 0 Å².